The Kier molecular flexibility index (Phi) is 2.08. The van der Waals surface area contributed by atoms with Crippen molar-refractivity contribution in [2.45, 2.75) is 38.3 Å². The van der Waals surface area contributed by atoms with Crippen molar-refractivity contribution < 1.29 is 14.0 Å². The largest absolute Gasteiger partial charge is 0.491 e. The molecule has 0 radical (unpaired) electrons. The zero-order valence-corrected chi connectivity index (χ0v) is 9.87. The molecule has 1 saturated heterocycles. The summed E-state index contributed by atoms with van der Waals surface area (Å²) in [6.07, 6.45) is 0.382. The summed E-state index contributed by atoms with van der Waals surface area (Å²) >= 11 is 0. The molecule has 0 aromatic heterocycles. The summed E-state index contributed by atoms with van der Waals surface area (Å²) in [6.45, 7) is 10.1. The molecule has 0 spiro atoms. The molecule has 1 saturated carbocycles. The lowest BCUT2D eigenvalue weighted by molar-refractivity contribution is -0.123. The summed E-state index contributed by atoms with van der Waals surface area (Å²) in [6, 6.07) is 0. The first kappa shape index (κ1) is 9.92. The van der Waals surface area contributed by atoms with Gasteiger partial charge in [-0.1, -0.05) is 6.58 Å². The Hall–Kier alpha value is -0.613. The first-order valence-electron chi connectivity index (χ1n) is 4.94. The molecule has 0 amide bonds. The molecule has 0 aromatic carbocycles. The Bertz CT molecular complexity index is 274. The average Bonchev–Trinajstić information content (AvgIpc) is 2.37. The number of ether oxygens (including phenoxy) is 1. The Morgan fingerprint density at radius 1 is 1.50 bits per heavy atom. The minimum atomic E-state index is -1.60. The van der Waals surface area contributed by atoms with Crippen LogP contribution in [0, 0.1) is 5.92 Å². The lowest BCUT2D eigenvalue weighted by Crippen LogP contribution is -2.36. The molecule has 78 valence electrons. The molecule has 0 aromatic rings. The number of hydrogen-bond donors (Lipinski definition) is 0. The van der Waals surface area contributed by atoms with E-state index in [-0.39, 0.29) is 23.9 Å². The molecule has 1 aliphatic carbocycles. The van der Waals surface area contributed by atoms with Crippen LogP contribution in [-0.2, 0) is 14.0 Å². The van der Waals surface area contributed by atoms with Crippen LogP contribution in [-0.4, -0.2) is 26.3 Å². The highest BCUT2D eigenvalue weighted by atomic mass is 28.4. The van der Waals surface area contributed by atoms with Crippen LogP contribution in [0.1, 0.15) is 6.42 Å². The predicted octanol–water partition coefficient (Wildman–Crippen LogP) is 1.71. The maximum absolute atomic E-state index is 11.5. The van der Waals surface area contributed by atoms with E-state index in [0.717, 1.165) is 0 Å². The second kappa shape index (κ2) is 2.94. The van der Waals surface area contributed by atoms with Crippen molar-refractivity contribution >= 4 is 14.1 Å². The van der Waals surface area contributed by atoms with Gasteiger partial charge in [0.2, 0.25) is 0 Å². The van der Waals surface area contributed by atoms with Gasteiger partial charge >= 0.3 is 0 Å². The Morgan fingerprint density at radius 3 is 2.57 bits per heavy atom. The van der Waals surface area contributed by atoms with Gasteiger partial charge in [0.15, 0.2) is 8.32 Å². The highest BCUT2D eigenvalue weighted by molar-refractivity contribution is 6.69. The van der Waals surface area contributed by atoms with Crippen LogP contribution in [0.5, 0.6) is 0 Å². The van der Waals surface area contributed by atoms with Gasteiger partial charge in [0, 0.05) is 6.42 Å². The van der Waals surface area contributed by atoms with Crippen LogP contribution in [0.2, 0.25) is 19.6 Å². The minimum Gasteiger partial charge on any atom is -0.491 e. The van der Waals surface area contributed by atoms with Gasteiger partial charge in [0.25, 0.3) is 0 Å². The van der Waals surface area contributed by atoms with E-state index in [9.17, 15) is 4.79 Å². The van der Waals surface area contributed by atoms with Gasteiger partial charge in [-0.25, -0.2) is 0 Å². The van der Waals surface area contributed by atoms with Crippen LogP contribution >= 0.6 is 0 Å². The van der Waals surface area contributed by atoms with E-state index in [1.165, 1.54) is 0 Å². The number of carbonyl (C=O) groups excluding carboxylic acids is 1. The summed E-state index contributed by atoms with van der Waals surface area (Å²) in [5, 5.41) is 0. The van der Waals surface area contributed by atoms with Crippen molar-refractivity contribution in [3.8, 4) is 0 Å². The second-order valence-electron chi connectivity index (χ2n) is 4.97. The Balaban J connectivity index is 2.15. The fraction of sp³-hybridized carbons (Fsp3) is 0.700. The fourth-order valence-corrected chi connectivity index (χ4v) is 3.24. The SMILES string of the molecule is C=C1OC2CC(=O)C1C2O[Si](C)(C)C. The first-order valence-corrected chi connectivity index (χ1v) is 8.35. The fourth-order valence-electron chi connectivity index (χ4n) is 2.13. The van der Waals surface area contributed by atoms with Gasteiger partial charge in [-0.15, -0.1) is 0 Å². The van der Waals surface area contributed by atoms with Crippen molar-refractivity contribution in [3.05, 3.63) is 12.3 Å². The van der Waals surface area contributed by atoms with Crippen molar-refractivity contribution in [3.63, 3.8) is 0 Å². The van der Waals surface area contributed by atoms with Crippen LogP contribution in [0.25, 0.3) is 0 Å². The third-order valence-electron chi connectivity index (χ3n) is 2.58. The molecule has 2 aliphatic rings. The molecular formula is C10H16O3Si. The molecule has 1 aliphatic heterocycles. The number of carbonyl (C=O) groups is 1. The lowest BCUT2D eigenvalue weighted by Gasteiger charge is -2.23. The molecular weight excluding hydrogens is 196 g/mol. The Labute approximate surface area is 85.2 Å². The van der Waals surface area contributed by atoms with Gasteiger partial charge in [-0.05, 0) is 19.6 Å². The van der Waals surface area contributed by atoms with E-state index < -0.39 is 8.32 Å². The normalized spacial score (nSPS) is 36.4. The number of ketones is 1. The van der Waals surface area contributed by atoms with Crippen LogP contribution in [0.15, 0.2) is 12.3 Å². The summed E-state index contributed by atoms with van der Waals surface area (Å²) < 4.78 is 11.4. The molecule has 2 bridgehead atoms. The standard InChI is InChI=1S/C10H16O3Si/c1-6-9-7(11)5-8(12-6)10(9)13-14(2,3)4/h8-10H,1,5H2,2-4H3. The van der Waals surface area contributed by atoms with Crippen molar-refractivity contribution in [2.75, 3.05) is 0 Å². The molecule has 0 N–H and O–H groups in total. The third kappa shape index (κ3) is 1.52. The quantitative estimate of drug-likeness (QED) is 0.654. The highest BCUT2D eigenvalue weighted by Gasteiger charge is 2.53. The zero-order valence-electron chi connectivity index (χ0n) is 8.87. The maximum Gasteiger partial charge on any atom is 0.184 e. The van der Waals surface area contributed by atoms with Crippen molar-refractivity contribution in [2.24, 2.45) is 5.92 Å². The second-order valence-corrected chi connectivity index (χ2v) is 9.43. The van der Waals surface area contributed by atoms with Gasteiger partial charge in [0.05, 0.1) is 6.10 Å². The molecule has 1 heterocycles. The topological polar surface area (TPSA) is 35.5 Å². The lowest BCUT2D eigenvalue weighted by atomic mass is 10.1. The first-order chi connectivity index (χ1) is 6.38. The van der Waals surface area contributed by atoms with E-state index in [2.05, 4.69) is 26.2 Å². The summed E-state index contributed by atoms with van der Waals surface area (Å²) in [4.78, 5) is 11.5. The summed E-state index contributed by atoms with van der Waals surface area (Å²) in [5.41, 5.74) is 0. The Morgan fingerprint density at radius 2 is 2.14 bits per heavy atom. The van der Waals surface area contributed by atoms with E-state index in [0.29, 0.717) is 12.2 Å². The van der Waals surface area contributed by atoms with Crippen LogP contribution < -0.4 is 0 Å². The highest BCUT2D eigenvalue weighted by Crippen LogP contribution is 2.42. The van der Waals surface area contributed by atoms with Crippen LogP contribution in [0.3, 0.4) is 0 Å². The van der Waals surface area contributed by atoms with E-state index in [4.69, 9.17) is 9.16 Å². The average molecular weight is 212 g/mol. The number of fused-ring (bicyclic) bond motifs is 2. The van der Waals surface area contributed by atoms with Crippen molar-refractivity contribution in [1.82, 2.24) is 0 Å². The van der Waals surface area contributed by atoms with Gasteiger partial charge in [-0.2, -0.15) is 0 Å². The molecule has 3 nitrogen and oxygen atoms in total. The monoisotopic (exact) mass is 212 g/mol. The van der Waals surface area contributed by atoms with E-state index in [1.54, 1.807) is 0 Å². The molecule has 3 atom stereocenters. The molecule has 3 unspecified atom stereocenters. The van der Waals surface area contributed by atoms with Crippen molar-refractivity contribution in [1.29, 1.82) is 0 Å². The van der Waals surface area contributed by atoms with Gasteiger partial charge in [-0.3, -0.25) is 4.79 Å². The molecule has 14 heavy (non-hydrogen) atoms. The third-order valence-corrected chi connectivity index (χ3v) is 3.56. The minimum absolute atomic E-state index is 0.0540. The number of rotatable bonds is 2. The zero-order chi connectivity index (χ0) is 10.5. The van der Waals surface area contributed by atoms with E-state index in [1.807, 2.05) is 0 Å². The molecule has 2 rings (SSSR count). The number of Topliss-reactive ketones (excluding diaryl/α,β-unsaturated/α-hetero) is 1. The maximum atomic E-state index is 11.5. The summed E-state index contributed by atoms with van der Waals surface area (Å²) in [7, 11) is -1.60. The number of hydrogen-bond acceptors (Lipinski definition) is 3. The van der Waals surface area contributed by atoms with Gasteiger partial charge < -0.3 is 9.16 Å². The van der Waals surface area contributed by atoms with Gasteiger partial charge in [0.1, 0.15) is 23.6 Å². The molecule has 4 heteroatoms. The van der Waals surface area contributed by atoms with Crippen LogP contribution in [0.4, 0.5) is 0 Å². The van der Waals surface area contributed by atoms with E-state index >= 15 is 0 Å². The molecule has 2 fully saturated rings. The predicted molar refractivity (Wildman–Crippen MR) is 55.3 cm³/mol. The smallest absolute Gasteiger partial charge is 0.184 e. The summed E-state index contributed by atoms with van der Waals surface area (Å²) in [5.74, 6) is 0.649.